The van der Waals surface area contributed by atoms with Gasteiger partial charge >= 0.3 is 0 Å². The predicted molar refractivity (Wildman–Crippen MR) is 65.7 cm³/mol. The van der Waals surface area contributed by atoms with Crippen molar-refractivity contribution in [1.82, 2.24) is 4.98 Å². The highest BCUT2D eigenvalue weighted by atomic mass is 32.1. The van der Waals surface area contributed by atoms with E-state index in [2.05, 4.69) is 36.3 Å². The highest BCUT2D eigenvalue weighted by molar-refractivity contribution is 7.22. The standard InChI is InChI=1S/C12H14N2S/c1-7-5-8(2)11-10(6-7)15-12(14-11)13-9-3-4-9/h5-6,9H,3-4H2,1-2H3,(H,13,14). The summed E-state index contributed by atoms with van der Waals surface area (Å²) in [6.07, 6.45) is 2.60. The lowest BCUT2D eigenvalue weighted by Crippen LogP contribution is -1.99. The van der Waals surface area contributed by atoms with Crippen molar-refractivity contribution < 1.29 is 0 Å². The Morgan fingerprint density at radius 2 is 2.13 bits per heavy atom. The molecule has 2 aromatic rings. The lowest BCUT2D eigenvalue weighted by molar-refractivity contribution is 1.14. The summed E-state index contributed by atoms with van der Waals surface area (Å²) >= 11 is 1.77. The maximum absolute atomic E-state index is 4.64. The summed E-state index contributed by atoms with van der Waals surface area (Å²) in [5.41, 5.74) is 3.76. The Morgan fingerprint density at radius 3 is 2.87 bits per heavy atom. The average Bonchev–Trinajstić information content (AvgIpc) is 2.85. The van der Waals surface area contributed by atoms with Gasteiger partial charge in [-0.3, -0.25) is 0 Å². The summed E-state index contributed by atoms with van der Waals surface area (Å²) in [6.45, 7) is 4.27. The van der Waals surface area contributed by atoms with Gasteiger partial charge in [0.2, 0.25) is 0 Å². The third kappa shape index (κ3) is 1.72. The second-order valence-corrected chi connectivity index (χ2v) is 5.40. The number of hydrogen-bond donors (Lipinski definition) is 1. The molecular weight excluding hydrogens is 204 g/mol. The van der Waals surface area contributed by atoms with E-state index in [1.165, 1.54) is 28.7 Å². The third-order valence-corrected chi connectivity index (χ3v) is 3.67. The monoisotopic (exact) mass is 218 g/mol. The summed E-state index contributed by atoms with van der Waals surface area (Å²) in [7, 11) is 0. The van der Waals surface area contributed by atoms with E-state index >= 15 is 0 Å². The third-order valence-electron chi connectivity index (χ3n) is 2.73. The smallest absolute Gasteiger partial charge is 0.184 e. The number of nitrogens with one attached hydrogen (secondary N) is 1. The maximum Gasteiger partial charge on any atom is 0.184 e. The van der Waals surface area contributed by atoms with Gasteiger partial charge in [0, 0.05) is 6.04 Å². The van der Waals surface area contributed by atoms with E-state index in [1.54, 1.807) is 11.3 Å². The summed E-state index contributed by atoms with van der Waals surface area (Å²) < 4.78 is 1.30. The van der Waals surface area contributed by atoms with Crippen LogP contribution in [0.15, 0.2) is 12.1 Å². The zero-order valence-corrected chi connectivity index (χ0v) is 9.82. The first-order valence-corrected chi connectivity index (χ1v) is 6.18. The zero-order chi connectivity index (χ0) is 10.4. The number of fused-ring (bicyclic) bond motifs is 1. The van der Waals surface area contributed by atoms with Gasteiger partial charge < -0.3 is 5.32 Å². The van der Waals surface area contributed by atoms with Crippen molar-refractivity contribution >= 4 is 26.7 Å². The lowest BCUT2D eigenvalue weighted by Gasteiger charge is -1.96. The molecule has 1 fully saturated rings. The Bertz CT molecular complexity index is 512. The van der Waals surface area contributed by atoms with Gasteiger partial charge in [0.05, 0.1) is 10.2 Å². The summed E-state index contributed by atoms with van der Waals surface area (Å²) in [5, 5.41) is 4.54. The molecule has 0 bridgehead atoms. The molecule has 1 aromatic carbocycles. The number of aromatic nitrogens is 1. The van der Waals surface area contributed by atoms with Crippen LogP contribution in [0.3, 0.4) is 0 Å². The number of aryl methyl sites for hydroxylation is 2. The number of nitrogens with zero attached hydrogens (tertiary/aromatic N) is 1. The molecule has 1 aliphatic carbocycles. The van der Waals surface area contributed by atoms with Gasteiger partial charge in [0.15, 0.2) is 5.13 Å². The Labute approximate surface area is 93.3 Å². The SMILES string of the molecule is Cc1cc(C)c2nc(NC3CC3)sc2c1. The molecule has 1 saturated carbocycles. The van der Waals surface area contributed by atoms with Crippen LogP contribution in [0.1, 0.15) is 24.0 Å². The largest absolute Gasteiger partial charge is 0.359 e. The van der Waals surface area contributed by atoms with Crippen LogP contribution in [-0.4, -0.2) is 11.0 Å². The predicted octanol–water partition coefficient (Wildman–Crippen LogP) is 3.49. The molecule has 0 unspecified atom stereocenters. The van der Waals surface area contributed by atoms with Crippen LogP contribution in [-0.2, 0) is 0 Å². The molecule has 15 heavy (non-hydrogen) atoms. The molecule has 1 aliphatic rings. The Kier molecular flexibility index (Phi) is 1.96. The molecule has 2 nitrogen and oxygen atoms in total. The molecular formula is C12H14N2S. The fourth-order valence-electron chi connectivity index (χ4n) is 1.83. The molecule has 0 atom stereocenters. The van der Waals surface area contributed by atoms with Crippen LogP contribution in [0, 0.1) is 13.8 Å². The van der Waals surface area contributed by atoms with Gasteiger partial charge in [-0.25, -0.2) is 4.98 Å². The minimum Gasteiger partial charge on any atom is -0.359 e. The number of rotatable bonds is 2. The zero-order valence-electron chi connectivity index (χ0n) is 9.00. The first-order valence-electron chi connectivity index (χ1n) is 5.37. The van der Waals surface area contributed by atoms with Crippen LogP contribution in [0.25, 0.3) is 10.2 Å². The van der Waals surface area contributed by atoms with Crippen molar-refractivity contribution in [3.63, 3.8) is 0 Å². The van der Waals surface area contributed by atoms with Crippen molar-refractivity contribution in [2.45, 2.75) is 32.7 Å². The molecule has 0 aliphatic heterocycles. The molecule has 3 heteroatoms. The molecule has 1 aromatic heterocycles. The fourth-order valence-corrected chi connectivity index (χ4v) is 2.95. The van der Waals surface area contributed by atoms with E-state index in [0.717, 1.165) is 10.6 Å². The van der Waals surface area contributed by atoms with Gasteiger partial charge in [-0.05, 0) is 43.9 Å². The topological polar surface area (TPSA) is 24.9 Å². The molecule has 1 heterocycles. The number of hydrogen-bond acceptors (Lipinski definition) is 3. The van der Waals surface area contributed by atoms with Crippen LogP contribution in [0.4, 0.5) is 5.13 Å². The summed E-state index contributed by atoms with van der Waals surface area (Å²) in [5.74, 6) is 0. The highest BCUT2D eigenvalue weighted by Crippen LogP contribution is 2.32. The molecule has 0 radical (unpaired) electrons. The number of anilines is 1. The van der Waals surface area contributed by atoms with Gasteiger partial charge in [-0.1, -0.05) is 17.4 Å². The van der Waals surface area contributed by atoms with E-state index < -0.39 is 0 Å². The van der Waals surface area contributed by atoms with Crippen LogP contribution in [0.2, 0.25) is 0 Å². The van der Waals surface area contributed by atoms with E-state index in [9.17, 15) is 0 Å². The highest BCUT2D eigenvalue weighted by Gasteiger charge is 2.22. The van der Waals surface area contributed by atoms with Gasteiger partial charge in [-0.2, -0.15) is 0 Å². The average molecular weight is 218 g/mol. The Balaban J connectivity index is 2.07. The van der Waals surface area contributed by atoms with E-state index in [-0.39, 0.29) is 0 Å². The number of benzene rings is 1. The molecule has 0 spiro atoms. The van der Waals surface area contributed by atoms with Gasteiger partial charge in [0.25, 0.3) is 0 Å². The molecule has 1 N–H and O–H groups in total. The van der Waals surface area contributed by atoms with Crippen LogP contribution < -0.4 is 5.32 Å². The number of thiazole rings is 1. The van der Waals surface area contributed by atoms with Crippen molar-refractivity contribution in [2.24, 2.45) is 0 Å². The Hall–Kier alpha value is -1.09. The van der Waals surface area contributed by atoms with Gasteiger partial charge in [-0.15, -0.1) is 0 Å². The quantitative estimate of drug-likeness (QED) is 0.834. The Morgan fingerprint density at radius 1 is 1.33 bits per heavy atom. The van der Waals surface area contributed by atoms with Crippen LogP contribution >= 0.6 is 11.3 Å². The normalized spacial score (nSPS) is 15.9. The summed E-state index contributed by atoms with van der Waals surface area (Å²) in [6, 6.07) is 5.10. The lowest BCUT2D eigenvalue weighted by atomic mass is 10.1. The second kappa shape index (κ2) is 3.20. The van der Waals surface area contributed by atoms with E-state index in [0.29, 0.717) is 6.04 Å². The summed E-state index contributed by atoms with van der Waals surface area (Å²) in [4.78, 5) is 4.64. The molecule has 0 amide bonds. The molecule has 3 rings (SSSR count). The van der Waals surface area contributed by atoms with Crippen molar-refractivity contribution in [3.8, 4) is 0 Å². The van der Waals surface area contributed by atoms with E-state index in [1.807, 2.05) is 0 Å². The minimum absolute atomic E-state index is 0.687. The first-order chi connectivity index (χ1) is 7.22. The molecule has 0 saturated heterocycles. The molecule has 78 valence electrons. The first kappa shape index (κ1) is 9.16. The second-order valence-electron chi connectivity index (χ2n) is 4.37. The van der Waals surface area contributed by atoms with Crippen LogP contribution in [0.5, 0.6) is 0 Å². The van der Waals surface area contributed by atoms with Crippen molar-refractivity contribution in [1.29, 1.82) is 0 Å². The van der Waals surface area contributed by atoms with Crippen molar-refractivity contribution in [3.05, 3.63) is 23.3 Å². The van der Waals surface area contributed by atoms with Gasteiger partial charge in [0.1, 0.15) is 0 Å². The minimum atomic E-state index is 0.687. The van der Waals surface area contributed by atoms with E-state index in [4.69, 9.17) is 0 Å². The van der Waals surface area contributed by atoms with Crippen molar-refractivity contribution in [2.75, 3.05) is 5.32 Å². The fraction of sp³-hybridized carbons (Fsp3) is 0.417. The maximum atomic E-state index is 4.64.